The van der Waals surface area contributed by atoms with Crippen molar-refractivity contribution >= 4 is 11.7 Å². The number of anilines is 1. The van der Waals surface area contributed by atoms with Gasteiger partial charge in [0, 0.05) is 53.8 Å². The van der Waals surface area contributed by atoms with Crippen LogP contribution >= 0.6 is 0 Å². The zero-order chi connectivity index (χ0) is 7.56. The van der Waals surface area contributed by atoms with E-state index in [9.17, 15) is 4.79 Å². The third kappa shape index (κ3) is 3.79. The summed E-state index contributed by atoms with van der Waals surface area (Å²) in [7, 11) is 0. The molecule has 0 aliphatic carbocycles. The van der Waals surface area contributed by atoms with Crippen LogP contribution in [0.5, 0.6) is 0 Å². The molecule has 0 bridgehead atoms. The van der Waals surface area contributed by atoms with Crippen LogP contribution in [0.15, 0.2) is 18.2 Å². The Morgan fingerprint density at radius 1 is 1.58 bits per heavy atom. The number of rotatable bonds is 1. The van der Waals surface area contributed by atoms with E-state index >= 15 is 0 Å². The summed E-state index contributed by atoms with van der Waals surface area (Å²) in [6.45, 7) is 0. The third-order valence-electron chi connectivity index (χ3n) is 1.13. The predicted molar refractivity (Wildman–Crippen MR) is 36.6 cm³/mol. The molecule has 1 radical (unpaired) electrons. The summed E-state index contributed by atoms with van der Waals surface area (Å²) in [6.07, 6.45) is 0. The number of carbonyl (C=O) groups is 1. The first-order valence-electron chi connectivity index (χ1n) is 2.70. The van der Waals surface area contributed by atoms with Gasteiger partial charge in [0.2, 0.25) is 0 Å². The molecule has 0 saturated carbocycles. The van der Waals surface area contributed by atoms with Crippen LogP contribution in [-0.2, 0) is 53.8 Å². The molecular formula is C7H6NO2WY-. The van der Waals surface area contributed by atoms with Crippen LogP contribution in [-0.4, -0.2) is 11.1 Å². The number of benzene rings is 1. The van der Waals surface area contributed by atoms with Crippen LogP contribution in [0.3, 0.4) is 0 Å². The summed E-state index contributed by atoms with van der Waals surface area (Å²) in [5.74, 6) is -1.02. The monoisotopic (exact) mass is 409 g/mol. The van der Waals surface area contributed by atoms with Crippen LogP contribution < -0.4 is 5.73 Å². The smallest absolute Gasteiger partial charge is 0.280 e. The Labute approximate surface area is 110 Å². The van der Waals surface area contributed by atoms with Crippen molar-refractivity contribution in [2.75, 3.05) is 5.73 Å². The van der Waals surface area contributed by atoms with Crippen LogP contribution in [0.2, 0.25) is 0 Å². The summed E-state index contributed by atoms with van der Waals surface area (Å²) >= 11 is 0. The largest absolute Gasteiger partial charge is 0.487 e. The predicted octanol–water partition coefficient (Wildman–Crippen LogP) is 0.762. The molecule has 0 saturated heterocycles. The molecule has 0 fully saturated rings. The Morgan fingerprint density at radius 2 is 2.17 bits per heavy atom. The van der Waals surface area contributed by atoms with Crippen LogP contribution in [0, 0.1) is 6.07 Å². The average Bonchev–Trinajstić information content (AvgIpc) is 1.88. The molecule has 0 aliphatic rings. The van der Waals surface area contributed by atoms with Crippen molar-refractivity contribution in [1.82, 2.24) is 0 Å². The van der Waals surface area contributed by atoms with Crippen molar-refractivity contribution < 1.29 is 63.7 Å². The van der Waals surface area contributed by atoms with Gasteiger partial charge in [0.05, 0.1) is 0 Å². The second-order valence-corrected chi connectivity index (χ2v) is 1.82. The summed E-state index contributed by atoms with van der Waals surface area (Å²) < 4.78 is 0. The number of hydrogen-bond donors (Lipinski definition) is 2. The van der Waals surface area contributed by atoms with E-state index in [0.717, 1.165) is 0 Å². The van der Waals surface area contributed by atoms with E-state index < -0.39 is 5.97 Å². The fraction of sp³-hybridized carbons (Fsp3) is 0. The molecule has 0 amide bonds. The van der Waals surface area contributed by atoms with E-state index in [2.05, 4.69) is 6.07 Å². The number of nitrogen functional groups attached to an aromatic ring is 1. The van der Waals surface area contributed by atoms with Gasteiger partial charge in [0.15, 0.2) is 0 Å². The first-order valence-corrected chi connectivity index (χ1v) is 2.70. The molecule has 1 rings (SSSR count). The van der Waals surface area contributed by atoms with Gasteiger partial charge in [-0.05, 0) is 5.56 Å². The molecule has 0 atom stereocenters. The van der Waals surface area contributed by atoms with Gasteiger partial charge in [-0.1, -0.05) is 5.69 Å². The third-order valence-corrected chi connectivity index (χ3v) is 1.13. The molecule has 61 valence electrons. The van der Waals surface area contributed by atoms with E-state index in [1.165, 1.54) is 12.1 Å². The maximum absolute atomic E-state index is 10.3. The number of carboxylic acids is 1. The minimum absolute atomic E-state index is 0. The second kappa shape index (κ2) is 6.76. The summed E-state index contributed by atoms with van der Waals surface area (Å²) in [6, 6.07) is 7.04. The zero-order valence-electron chi connectivity index (χ0n) is 6.15. The van der Waals surface area contributed by atoms with Gasteiger partial charge in [-0.25, -0.2) is 0 Å². The molecule has 1 aromatic carbocycles. The Morgan fingerprint density at radius 3 is 2.50 bits per heavy atom. The maximum Gasteiger partial charge on any atom is 0.280 e. The molecule has 12 heavy (non-hydrogen) atoms. The minimum Gasteiger partial charge on any atom is -0.487 e. The molecule has 1 aromatic rings. The Hall–Kier alpha value is 0.282. The minimum atomic E-state index is -1.02. The van der Waals surface area contributed by atoms with Crippen LogP contribution in [0.25, 0.3) is 0 Å². The summed E-state index contributed by atoms with van der Waals surface area (Å²) in [4.78, 5) is 10.3. The van der Waals surface area contributed by atoms with Gasteiger partial charge in [-0.3, -0.25) is 4.79 Å². The van der Waals surface area contributed by atoms with Gasteiger partial charge in [-0.2, -0.15) is 18.2 Å². The van der Waals surface area contributed by atoms with E-state index in [4.69, 9.17) is 10.8 Å². The van der Waals surface area contributed by atoms with Crippen molar-refractivity contribution in [2.45, 2.75) is 0 Å². The zero-order valence-corrected chi connectivity index (χ0v) is 11.9. The summed E-state index contributed by atoms with van der Waals surface area (Å²) in [5.41, 5.74) is 5.69. The van der Waals surface area contributed by atoms with E-state index in [-0.39, 0.29) is 65.0 Å². The molecule has 0 aliphatic heterocycles. The van der Waals surface area contributed by atoms with Gasteiger partial charge in [0.1, 0.15) is 0 Å². The molecule has 3 nitrogen and oxygen atoms in total. The first kappa shape index (κ1) is 14.8. The number of carboxylic acid groups (broad SMARTS) is 1. The fourth-order valence-corrected chi connectivity index (χ4v) is 0.628. The molecular weight excluding hydrogens is 403 g/mol. The van der Waals surface area contributed by atoms with E-state index in [1.54, 1.807) is 6.07 Å². The van der Waals surface area contributed by atoms with Crippen molar-refractivity contribution in [1.29, 1.82) is 0 Å². The van der Waals surface area contributed by atoms with E-state index in [0.29, 0.717) is 0 Å². The van der Waals surface area contributed by atoms with Gasteiger partial charge in [0.25, 0.3) is 5.97 Å². The fourth-order valence-electron chi connectivity index (χ4n) is 0.628. The van der Waals surface area contributed by atoms with Crippen molar-refractivity contribution in [2.24, 2.45) is 0 Å². The van der Waals surface area contributed by atoms with E-state index in [1.807, 2.05) is 0 Å². The second-order valence-electron chi connectivity index (χ2n) is 1.82. The normalized spacial score (nSPS) is 7.67. The molecule has 0 heterocycles. The topological polar surface area (TPSA) is 63.3 Å². The average molecular weight is 409 g/mol. The van der Waals surface area contributed by atoms with Crippen molar-refractivity contribution in [3.05, 3.63) is 29.8 Å². The van der Waals surface area contributed by atoms with Crippen molar-refractivity contribution in [3.8, 4) is 0 Å². The molecule has 0 aromatic heterocycles. The Balaban J connectivity index is 0. The number of hydrogen-bond acceptors (Lipinski definition) is 2. The maximum atomic E-state index is 10.3. The van der Waals surface area contributed by atoms with Gasteiger partial charge >= 0.3 is 0 Å². The van der Waals surface area contributed by atoms with Crippen molar-refractivity contribution in [3.63, 3.8) is 0 Å². The van der Waals surface area contributed by atoms with Crippen LogP contribution in [0.1, 0.15) is 10.4 Å². The molecule has 0 unspecified atom stereocenters. The molecule has 5 heteroatoms. The van der Waals surface area contributed by atoms with Gasteiger partial charge in [-0.15, -0.1) is 6.07 Å². The number of nitrogens with two attached hydrogens (primary N) is 1. The first-order chi connectivity index (χ1) is 4.72. The Kier molecular flexibility index (Phi) is 8.33. The van der Waals surface area contributed by atoms with Crippen LogP contribution in [0.4, 0.5) is 5.69 Å². The summed E-state index contributed by atoms with van der Waals surface area (Å²) in [5, 5.41) is 8.47. The van der Waals surface area contributed by atoms with Gasteiger partial charge < -0.3 is 10.8 Å². The standard InChI is InChI=1S/C7H6NO2.W.Y/c8-6-4-2-1-3-5(6)7(9)10;;/h2-4H,8H2,(H,9,10);;/q-1;;. The SMILES string of the molecule is Nc1cc[c-]cc1C(=O)O.[W].[Y]. The number of aromatic carboxylic acids is 1. The Bertz CT molecular complexity index is 267. The quantitative estimate of drug-likeness (QED) is 0.533. The molecule has 3 N–H and O–H groups in total. The molecule has 0 spiro atoms.